The minimum atomic E-state index is 0.553. The lowest BCUT2D eigenvalue weighted by Gasteiger charge is -2.34. The summed E-state index contributed by atoms with van der Waals surface area (Å²) in [5.74, 6) is 0.609. The molecule has 1 aliphatic rings. The summed E-state index contributed by atoms with van der Waals surface area (Å²) in [7, 11) is 0. The molecule has 3 nitrogen and oxygen atoms in total. The van der Waals surface area contributed by atoms with Crippen LogP contribution in [0.15, 0.2) is 18.3 Å². The second-order valence-electron chi connectivity index (χ2n) is 4.16. The van der Waals surface area contributed by atoms with Crippen LogP contribution in [0.5, 0.6) is 0 Å². The van der Waals surface area contributed by atoms with E-state index in [1.54, 1.807) is 0 Å². The van der Waals surface area contributed by atoms with Crippen molar-refractivity contribution in [3.63, 3.8) is 0 Å². The van der Waals surface area contributed by atoms with E-state index in [9.17, 15) is 0 Å². The Kier molecular flexibility index (Phi) is 3.21. The van der Waals surface area contributed by atoms with Gasteiger partial charge in [0.2, 0.25) is 0 Å². The molecular formula is C12H19N3. The molecule has 15 heavy (non-hydrogen) atoms. The number of nitrogen functional groups attached to an aromatic ring is 1. The molecule has 0 amide bonds. The van der Waals surface area contributed by atoms with E-state index in [1.807, 2.05) is 12.3 Å². The van der Waals surface area contributed by atoms with Crippen molar-refractivity contribution in [3.05, 3.63) is 23.9 Å². The zero-order chi connectivity index (χ0) is 10.7. The third-order valence-electron chi connectivity index (χ3n) is 3.21. The molecule has 0 saturated carbocycles. The summed E-state index contributed by atoms with van der Waals surface area (Å²) < 4.78 is 0. The fraction of sp³-hybridized carbons (Fsp3) is 0.583. The maximum Gasteiger partial charge on any atom is 0.123 e. The Morgan fingerprint density at radius 1 is 1.47 bits per heavy atom. The van der Waals surface area contributed by atoms with Crippen LogP contribution in [0.2, 0.25) is 0 Å². The van der Waals surface area contributed by atoms with Crippen molar-refractivity contribution < 1.29 is 0 Å². The number of hydrogen-bond acceptors (Lipinski definition) is 3. The second kappa shape index (κ2) is 4.62. The SMILES string of the molecule is CCN1CCCCC1c1ccc(N)nc1. The van der Waals surface area contributed by atoms with E-state index in [4.69, 9.17) is 5.73 Å². The zero-order valence-electron chi connectivity index (χ0n) is 9.32. The Morgan fingerprint density at radius 2 is 2.33 bits per heavy atom. The van der Waals surface area contributed by atoms with Crippen LogP contribution in [0.25, 0.3) is 0 Å². The molecule has 1 aliphatic heterocycles. The smallest absolute Gasteiger partial charge is 0.123 e. The van der Waals surface area contributed by atoms with Crippen molar-refractivity contribution in [2.45, 2.75) is 32.2 Å². The molecule has 0 spiro atoms. The fourth-order valence-electron chi connectivity index (χ4n) is 2.36. The molecule has 2 heterocycles. The van der Waals surface area contributed by atoms with Crippen LogP contribution in [0.3, 0.4) is 0 Å². The molecule has 2 N–H and O–H groups in total. The van der Waals surface area contributed by atoms with Gasteiger partial charge in [-0.2, -0.15) is 0 Å². The van der Waals surface area contributed by atoms with Crippen LogP contribution in [0, 0.1) is 0 Å². The molecule has 3 heteroatoms. The normalized spacial score (nSPS) is 22.9. The molecule has 1 saturated heterocycles. The fourth-order valence-corrected chi connectivity index (χ4v) is 2.36. The van der Waals surface area contributed by atoms with E-state index in [0.29, 0.717) is 11.9 Å². The number of anilines is 1. The summed E-state index contributed by atoms with van der Waals surface area (Å²) in [5, 5.41) is 0. The van der Waals surface area contributed by atoms with Crippen molar-refractivity contribution in [3.8, 4) is 0 Å². The van der Waals surface area contributed by atoms with E-state index < -0.39 is 0 Å². The highest BCUT2D eigenvalue weighted by atomic mass is 15.2. The van der Waals surface area contributed by atoms with Crippen LogP contribution in [-0.4, -0.2) is 23.0 Å². The van der Waals surface area contributed by atoms with E-state index in [0.717, 1.165) is 6.54 Å². The van der Waals surface area contributed by atoms with Crippen LogP contribution in [0.4, 0.5) is 5.82 Å². The molecule has 1 fully saturated rings. The lowest BCUT2D eigenvalue weighted by molar-refractivity contribution is 0.157. The first-order valence-electron chi connectivity index (χ1n) is 5.76. The summed E-state index contributed by atoms with van der Waals surface area (Å²) in [6.45, 7) is 4.56. The lowest BCUT2D eigenvalue weighted by Crippen LogP contribution is -2.33. The number of aromatic nitrogens is 1. The van der Waals surface area contributed by atoms with E-state index in [2.05, 4.69) is 22.9 Å². The van der Waals surface area contributed by atoms with Crippen molar-refractivity contribution in [1.29, 1.82) is 0 Å². The van der Waals surface area contributed by atoms with Crippen molar-refractivity contribution >= 4 is 5.82 Å². The van der Waals surface area contributed by atoms with Gasteiger partial charge in [-0.05, 0) is 37.6 Å². The van der Waals surface area contributed by atoms with Crippen LogP contribution in [0.1, 0.15) is 37.8 Å². The zero-order valence-corrected chi connectivity index (χ0v) is 9.32. The molecule has 1 unspecified atom stereocenters. The minimum Gasteiger partial charge on any atom is -0.384 e. The Balaban J connectivity index is 2.16. The van der Waals surface area contributed by atoms with Gasteiger partial charge in [0.1, 0.15) is 5.82 Å². The number of nitrogens with zero attached hydrogens (tertiary/aromatic N) is 2. The maximum atomic E-state index is 5.60. The molecule has 1 atom stereocenters. The van der Waals surface area contributed by atoms with Crippen molar-refractivity contribution in [2.75, 3.05) is 18.8 Å². The van der Waals surface area contributed by atoms with Crippen LogP contribution in [-0.2, 0) is 0 Å². The topological polar surface area (TPSA) is 42.1 Å². The highest BCUT2D eigenvalue weighted by Gasteiger charge is 2.22. The van der Waals surface area contributed by atoms with E-state index >= 15 is 0 Å². The third kappa shape index (κ3) is 2.29. The van der Waals surface area contributed by atoms with Gasteiger partial charge in [0.05, 0.1) is 0 Å². The van der Waals surface area contributed by atoms with Crippen molar-refractivity contribution in [2.24, 2.45) is 0 Å². The average molecular weight is 205 g/mol. The molecule has 0 aromatic carbocycles. The molecule has 2 rings (SSSR count). The van der Waals surface area contributed by atoms with Gasteiger partial charge in [0, 0.05) is 12.2 Å². The van der Waals surface area contributed by atoms with E-state index in [-0.39, 0.29) is 0 Å². The number of hydrogen-bond donors (Lipinski definition) is 1. The highest BCUT2D eigenvalue weighted by Crippen LogP contribution is 2.30. The Bertz CT molecular complexity index is 307. The monoisotopic (exact) mass is 205 g/mol. The number of piperidine rings is 1. The lowest BCUT2D eigenvalue weighted by atomic mass is 9.96. The molecule has 1 aromatic heterocycles. The summed E-state index contributed by atoms with van der Waals surface area (Å²) in [6, 6.07) is 4.57. The van der Waals surface area contributed by atoms with Crippen LogP contribution >= 0.6 is 0 Å². The minimum absolute atomic E-state index is 0.553. The number of likely N-dealkylation sites (tertiary alicyclic amines) is 1. The highest BCUT2D eigenvalue weighted by molar-refractivity contribution is 5.30. The van der Waals surface area contributed by atoms with Gasteiger partial charge in [-0.25, -0.2) is 4.98 Å². The van der Waals surface area contributed by atoms with E-state index in [1.165, 1.54) is 31.4 Å². The first-order chi connectivity index (χ1) is 7.31. The summed E-state index contributed by atoms with van der Waals surface area (Å²) in [6.07, 6.45) is 5.83. The quantitative estimate of drug-likeness (QED) is 0.805. The second-order valence-corrected chi connectivity index (χ2v) is 4.16. The first-order valence-corrected chi connectivity index (χ1v) is 5.76. The van der Waals surface area contributed by atoms with Gasteiger partial charge in [0.15, 0.2) is 0 Å². The molecule has 0 bridgehead atoms. The Morgan fingerprint density at radius 3 is 3.00 bits per heavy atom. The Labute approximate surface area is 91.3 Å². The Hall–Kier alpha value is -1.09. The number of pyridine rings is 1. The summed E-state index contributed by atoms with van der Waals surface area (Å²) in [5.41, 5.74) is 6.91. The molecule has 82 valence electrons. The standard InChI is InChI=1S/C12H19N3/c1-2-15-8-4-3-5-11(15)10-6-7-12(13)14-9-10/h6-7,9,11H,2-5,8H2,1H3,(H2,13,14). The predicted molar refractivity (Wildman–Crippen MR) is 62.5 cm³/mol. The number of rotatable bonds is 2. The van der Waals surface area contributed by atoms with Gasteiger partial charge in [-0.3, -0.25) is 4.90 Å². The van der Waals surface area contributed by atoms with Gasteiger partial charge in [-0.1, -0.05) is 19.4 Å². The third-order valence-corrected chi connectivity index (χ3v) is 3.21. The maximum absolute atomic E-state index is 5.60. The van der Waals surface area contributed by atoms with Gasteiger partial charge in [0.25, 0.3) is 0 Å². The molecular weight excluding hydrogens is 186 g/mol. The van der Waals surface area contributed by atoms with Crippen molar-refractivity contribution in [1.82, 2.24) is 9.88 Å². The number of nitrogens with two attached hydrogens (primary N) is 1. The van der Waals surface area contributed by atoms with Crippen LogP contribution < -0.4 is 5.73 Å². The predicted octanol–water partition coefficient (Wildman–Crippen LogP) is 2.21. The summed E-state index contributed by atoms with van der Waals surface area (Å²) in [4.78, 5) is 6.70. The molecule has 0 radical (unpaired) electrons. The first kappa shape index (κ1) is 10.4. The van der Waals surface area contributed by atoms with Gasteiger partial charge >= 0.3 is 0 Å². The molecule has 1 aromatic rings. The summed E-state index contributed by atoms with van der Waals surface area (Å²) >= 11 is 0. The van der Waals surface area contributed by atoms with Gasteiger partial charge < -0.3 is 5.73 Å². The average Bonchev–Trinajstić information content (AvgIpc) is 2.30. The van der Waals surface area contributed by atoms with Gasteiger partial charge in [-0.15, -0.1) is 0 Å². The largest absolute Gasteiger partial charge is 0.384 e. The molecule has 0 aliphatic carbocycles.